The van der Waals surface area contributed by atoms with E-state index in [1.165, 1.54) is 5.56 Å². The molecule has 1 amide bonds. The highest BCUT2D eigenvalue weighted by Gasteiger charge is 2.32. The molecule has 1 fully saturated rings. The zero-order chi connectivity index (χ0) is 23.3. The second kappa shape index (κ2) is 10.8. The molecule has 0 saturated heterocycles. The number of aliphatic carboxylic acids is 1. The van der Waals surface area contributed by atoms with Gasteiger partial charge < -0.3 is 19.6 Å². The Morgan fingerprint density at radius 3 is 2.59 bits per heavy atom. The van der Waals surface area contributed by atoms with Crippen molar-refractivity contribution in [3.05, 3.63) is 41.3 Å². The minimum atomic E-state index is -1.00. The quantitative estimate of drug-likeness (QED) is 0.592. The number of carboxylic acid groups (broad SMARTS) is 1. The molecule has 1 aromatic carbocycles. The second-order valence-electron chi connectivity index (χ2n) is 8.97. The van der Waals surface area contributed by atoms with Crippen molar-refractivity contribution in [2.45, 2.75) is 78.6 Å². The van der Waals surface area contributed by atoms with E-state index in [0.717, 1.165) is 42.7 Å². The van der Waals surface area contributed by atoms with Crippen LogP contribution < -0.4 is 5.32 Å². The lowest BCUT2D eigenvalue weighted by Gasteiger charge is -2.29. The number of rotatable bonds is 9. The molecule has 1 heterocycles. The first-order valence-electron chi connectivity index (χ1n) is 11.5. The van der Waals surface area contributed by atoms with E-state index in [9.17, 15) is 14.7 Å². The number of hydrogen-bond acceptors (Lipinski definition) is 5. The molecule has 7 heteroatoms. The number of carbonyl (C=O) groups excluding carboxylic acids is 1. The van der Waals surface area contributed by atoms with Gasteiger partial charge in [-0.15, -0.1) is 0 Å². The van der Waals surface area contributed by atoms with Crippen LogP contribution in [0.4, 0.5) is 0 Å². The summed E-state index contributed by atoms with van der Waals surface area (Å²) >= 11 is 0. The average Bonchev–Trinajstić information content (AvgIpc) is 3.19. The van der Waals surface area contributed by atoms with Crippen LogP contribution in [0.2, 0.25) is 0 Å². The van der Waals surface area contributed by atoms with Crippen molar-refractivity contribution in [3.63, 3.8) is 0 Å². The standard InChI is InChI=1S/C25H34N2O5/c1-5-21-20(26-24(32-21)17-11-9-16(4)10-12-17)14-31-19-8-6-7-18(13-19)23(28)27-22(15(2)3)25(29)30/h9-12,15,18-19,22H,5-8,13-14H2,1-4H3,(H,27,28)(H,29,30)/t18?,19?,22-/m0/s1. The minimum absolute atomic E-state index is 0.0638. The van der Waals surface area contributed by atoms with Crippen LogP contribution in [0.5, 0.6) is 0 Å². The molecular formula is C25H34N2O5. The van der Waals surface area contributed by atoms with E-state index >= 15 is 0 Å². The summed E-state index contributed by atoms with van der Waals surface area (Å²) in [6, 6.07) is 7.19. The summed E-state index contributed by atoms with van der Waals surface area (Å²) < 4.78 is 12.1. The van der Waals surface area contributed by atoms with E-state index < -0.39 is 12.0 Å². The Hall–Kier alpha value is -2.67. The largest absolute Gasteiger partial charge is 0.480 e. The minimum Gasteiger partial charge on any atom is -0.480 e. The molecule has 1 aromatic heterocycles. The first-order chi connectivity index (χ1) is 15.3. The van der Waals surface area contributed by atoms with Gasteiger partial charge in [-0.3, -0.25) is 4.79 Å². The normalized spacial score (nSPS) is 19.7. The molecule has 2 unspecified atom stereocenters. The Balaban J connectivity index is 1.60. The van der Waals surface area contributed by atoms with Gasteiger partial charge in [0.2, 0.25) is 11.8 Å². The maximum Gasteiger partial charge on any atom is 0.326 e. The zero-order valence-corrected chi connectivity index (χ0v) is 19.4. The molecule has 1 aliphatic carbocycles. The molecular weight excluding hydrogens is 408 g/mol. The molecule has 7 nitrogen and oxygen atoms in total. The number of carboxylic acids is 1. The number of nitrogens with one attached hydrogen (secondary N) is 1. The van der Waals surface area contributed by atoms with Crippen LogP contribution >= 0.6 is 0 Å². The van der Waals surface area contributed by atoms with Crippen LogP contribution in [-0.2, 0) is 27.4 Å². The Morgan fingerprint density at radius 1 is 1.25 bits per heavy atom. The van der Waals surface area contributed by atoms with E-state index in [4.69, 9.17) is 9.15 Å². The third-order valence-corrected chi connectivity index (χ3v) is 6.08. The Morgan fingerprint density at radius 2 is 1.97 bits per heavy atom. The lowest BCUT2D eigenvalue weighted by Crippen LogP contribution is -2.47. The summed E-state index contributed by atoms with van der Waals surface area (Å²) in [5.74, 6) is -0.201. The first-order valence-corrected chi connectivity index (χ1v) is 11.5. The van der Waals surface area contributed by atoms with Gasteiger partial charge in [-0.2, -0.15) is 0 Å². The predicted octanol–water partition coefficient (Wildman–Crippen LogP) is 4.51. The van der Waals surface area contributed by atoms with Gasteiger partial charge in [0, 0.05) is 17.9 Å². The van der Waals surface area contributed by atoms with Gasteiger partial charge >= 0.3 is 5.97 Å². The van der Waals surface area contributed by atoms with Crippen molar-refractivity contribution in [3.8, 4) is 11.5 Å². The van der Waals surface area contributed by atoms with Gasteiger partial charge in [-0.05, 0) is 44.2 Å². The van der Waals surface area contributed by atoms with Crippen LogP contribution in [0.25, 0.3) is 11.5 Å². The van der Waals surface area contributed by atoms with Crippen LogP contribution in [0, 0.1) is 18.8 Å². The fourth-order valence-electron chi connectivity index (χ4n) is 4.11. The average molecular weight is 443 g/mol. The number of oxazole rings is 1. The molecule has 1 saturated carbocycles. The highest BCUT2D eigenvalue weighted by atomic mass is 16.5. The maximum absolute atomic E-state index is 12.7. The third kappa shape index (κ3) is 5.97. The van der Waals surface area contributed by atoms with Crippen molar-refractivity contribution in [2.24, 2.45) is 11.8 Å². The number of hydrogen-bond donors (Lipinski definition) is 2. The molecule has 1 aliphatic rings. The molecule has 3 rings (SSSR count). The molecule has 32 heavy (non-hydrogen) atoms. The lowest BCUT2D eigenvalue weighted by atomic mass is 9.86. The topological polar surface area (TPSA) is 102 Å². The smallest absolute Gasteiger partial charge is 0.326 e. The number of benzene rings is 1. The van der Waals surface area contributed by atoms with Gasteiger partial charge in [0.25, 0.3) is 0 Å². The van der Waals surface area contributed by atoms with Crippen LogP contribution in [0.1, 0.15) is 63.5 Å². The van der Waals surface area contributed by atoms with Gasteiger partial charge in [0.15, 0.2) is 0 Å². The van der Waals surface area contributed by atoms with Crippen molar-refractivity contribution in [1.29, 1.82) is 0 Å². The van der Waals surface area contributed by atoms with Crippen LogP contribution in [-0.4, -0.2) is 34.1 Å². The van der Waals surface area contributed by atoms with Crippen LogP contribution in [0.3, 0.4) is 0 Å². The summed E-state index contributed by atoms with van der Waals surface area (Å²) in [6.45, 7) is 7.98. The summed E-state index contributed by atoms with van der Waals surface area (Å²) in [7, 11) is 0. The Kier molecular flexibility index (Phi) is 8.07. The highest BCUT2D eigenvalue weighted by Crippen LogP contribution is 2.29. The van der Waals surface area contributed by atoms with Gasteiger partial charge in [-0.1, -0.05) is 44.9 Å². The molecule has 2 N–H and O–H groups in total. The number of ether oxygens (including phenoxy) is 1. The highest BCUT2D eigenvalue weighted by molar-refractivity contribution is 5.85. The third-order valence-electron chi connectivity index (χ3n) is 6.08. The molecule has 0 aliphatic heterocycles. The molecule has 0 spiro atoms. The summed E-state index contributed by atoms with van der Waals surface area (Å²) in [4.78, 5) is 28.7. The van der Waals surface area contributed by atoms with E-state index in [-0.39, 0.29) is 23.8 Å². The van der Waals surface area contributed by atoms with Gasteiger partial charge in [0.1, 0.15) is 17.5 Å². The van der Waals surface area contributed by atoms with Crippen molar-refractivity contribution >= 4 is 11.9 Å². The first kappa shape index (κ1) is 24.0. The molecule has 3 atom stereocenters. The van der Waals surface area contributed by atoms with Crippen molar-refractivity contribution < 1.29 is 23.8 Å². The van der Waals surface area contributed by atoms with E-state index in [2.05, 4.69) is 10.3 Å². The molecule has 2 aromatic rings. The molecule has 0 radical (unpaired) electrons. The second-order valence-corrected chi connectivity index (χ2v) is 8.97. The SMILES string of the molecule is CCc1oc(-c2ccc(C)cc2)nc1COC1CCCC(C(=O)N[C@H](C(=O)O)C(C)C)C1. The summed E-state index contributed by atoms with van der Waals surface area (Å²) in [5, 5.41) is 12.0. The molecule has 174 valence electrons. The van der Waals surface area contributed by atoms with Gasteiger partial charge in [-0.25, -0.2) is 9.78 Å². The fourth-order valence-corrected chi connectivity index (χ4v) is 4.11. The van der Waals surface area contributed by atoms with Crippen molar-refractivity contribution in [2.75, 3.05) is 0 Å². The molecule has 0 bridgehead atoms. The summed E-state index contributed by atoms with van der Waals surface area (Å²) in [5.41, 5.74) is 2.91. The Bertz CT molecular complexity index is 919. The van der Waals surface area contributed by atoms with E-state index in [1.54, 1.807) is 13.8 Å². The number of aryl methyl sites for hydroxylation is 2. The predicted molar refractivity (Wildman–Crippen MR) is 121 cm³/mol. The summed E-state index contributed by atoms with van der Waals surface area (Å²) in [6.07, 6.45) is 3.74. The fraction of sp³-hybridized carbons (Fsp3) is 0.560. The number of aromatic nitrogens is 1. The zero-order valence-electron chi connectivity index (χ0n) is 19.4. The van der Waals surface area contributed by atoms with Gasteiger partial charge in [0.05, 0.1) is 12.7 Å². The number of carbonyl (C=O) groups is 2. The van der Waals surface area contributed by atoms with E-state index in [0.29, 0.717) is 18.9 Å². The number of nitrogens with zero attached hydrogens (tertiary/aromatic N) is 1. The Labute approximate surface area is 189 Å². The van der Waals surface area contributed by atoms with E-state index in [1.807, 2.05) is 38.1 Å². The lowest BCUT2D eigenvalue weighted by molar-refractivity contribution is -0.144. The van der Waals surface area contributed by atoms with Crippen molar-refractivity contribution in [1.82, 2.24) is 10.3 Å². The monoisotopic (exact) mass is 442 g/mol. The number of amides is 1. The van der Waals surface area contributed by atoms with Crippen LogP contribution in [0.15, 0.2) is 28.7 Å². The maximum atomic E-state index is 12.7.